The molecule has 3 aromatic rings. The molecule has 0 unspecified atom stereocenters. The van der Waals surface area contributed by atoms with E-state index in [-0.39, 0.29) is 24.6 Å². The minimum Gasteiger partial charge on any atom is -0.493 e. The van der Waals surface area contributed by atoms with Gasteiger partial charge in [-0.3, -0.25) is 19.3 Å². The van der Waals surface area contributed by atoms with E-state index in [1.165, 1.54) is 11.3 Å². The number of benzene rings is 2. The maximum absolute atomic E-state index is 13.6. The zero-order chi connectivity index (χ0) is 29.5. The Morgan fingerprint density at radius 3 is 2.76 bits per heavy atom. The Hall–Kier alpha value is -3.44. The smallest absolute Gasteiger partial charge is 0.234 e. The van der Waals surface area contributed by atoms with E-state index in [4.69, 9.17) is 18.9 Å². The van der Waals surface area contributed by atoms with Crippen LogP contribution in [-0.2, 0) is 41.0 Å². The zero-order valence-electron chi connectivity index (χ0n) is 25.2. The molecule has 5 rings (SSSR count). The van der Waals surface area contributed by atoms with Crippen LogP contribution < -0.4 is 14.8 Å². The number of nitrogens with one attached hydrogen (secondary N) is 1. The number of methoxy groups -OCH3 is 2. The number of carbonyl (C=O) groups is 1. The molecule has 226 valence electrons. The molecule has 10 heteroatoms. The Morgan fingerprint density at radius 1 is 1.10 bits per heavy atom. The number of fused-ring (bicyclic) bond motifs is 5. The summed E-state index contributed by atoms with van der Waals surface area (Å²) < 4.78 is 25.6. The first-order chi connectivity index (χ1) is 20.4. The van der Waals surface area contributed by atoms with Gasteiger partial charge in [-0.05, 0) is 60.7 Å². The maximum atomic E-state index is 13.6. The van der Waals surface area contributed by atoms with Crippen molar-refractivity contribution in [3.63, 3.8) is 0 Å². The molecular formula is C32H43N5O5. The van der Waals surface area contributed by atoms with Crippen LogP contribution in [0.2, 0.25) is 0 Å². The Balaban J connectivity index is 1.40. The molecule has 1 fully saturated rings. The van der Waals surface area contributed by atoms with Crippen molar-refractivity contribution in [3.8, 4) is 17.2 Å². The highest BCUT2D eigenvalue weighted by Gasteiger charge is 2.32. The number of likely N-dealkylation sites (tertiary alicyclic amines) is 1. The van der Waals surface area contributed by atoms with E-state index in [9.17, 15) is 4.79 Å². The summed E-state index contributed by atoms with van der Waals surface area (Å²) in [4.78, 5) is 18.1. The summed E-state index contributed by atoms with van der Waals surface area (Å²) in [5, 5.41) is 7.76. The highest BCUT2D eigenvalue weighted by molar-refractivity contribution is 5.78. The highest BCUT2D eigenvalue weighted by atomic mass is 16.5. The first kappa shape index (κ1) is 30.0. The fourth-order valence-electron chi connectivity index (χ4n) is 5.78. The second-order valence-electron chi connectivity index (χ2n) is 11.2. The fourth-order valence-corrected chi connectivity index (χ4v) is 5.78. The number of ether oxygens (including phenoxy) is 4. The molecule has 1 N–H and O–H groups in total. The fraction of sp³-hybridized carbons (Fsp3) is 0.500. The van der Waals surface area contributed by atoms with Crippen molar-refractivity contribution in [1.82, 2.24) is 24.9 Å². The van der Waals surface area contributed by atoms with Crippen LogP contribution in [0.4, 0.5) is 0 Å². The monoisotopic (exact) mass is 577 g/mol. The van der Waals surface area contributed by atoms with Gasteiger partial charge in [-0.15, -0.1) is 0 Å². The molecule has 3 heterocycles. The number of hydrogen-bond acceptors (Lipinski definition) is 8. The van der Waals surface area contributed by atoms with Crippen LogP contribution in [0, 0.1) is 6.92 Å². The van der Waals surface area contributed by atoms with Crippen LogP contribution in [0.5, 0.6) is 17.2 Å². The third kappa shape index (κ3) is 7.69. The Bertz CT molecular complexity index is 1330. The molecule has 2 atom stereocenters. The van der Waals surface area contributed by atoms with Gasteiger partial charge < -0.3 is 24.3 Å². The lowest BCUT2D eigenvalue weighted by molar-refractivity contribution is -0.125. The predicted octanol–water partition coefficient (Wildman–Crippen LogP) is 3.66. The quantitative estimate of drug-likeness (QED) is 0.426. The molecule has 0 radical (unpaired) electrons. The number of carbonyl (C=O) groups excluding carboxylic acids is 1. The summed E-state index contributed by atoms with van der Waals surface area (Å²) >= 11 is 0. The first-order valence-corrected chi connectivity index (χ1v) is 14.7. The molecule has 42 heavy (non-hydrogen) atoms. The number of aryl methyl sites for hydroxylation is 2. The van der Waals surface area contributed by atoms with Gasteiger partial charge in [0.1, 0.15) is 5.75 Å². The van der Waals surface area contributed by atoms with E-state index < -0.39 is 0 Å². The predicted molar refractivity (Wildman–Crippen MR) is 160 cm³/mol. The third-order valence-electron chi connectivity index (χ3n) is 8.04. The molecule has 0 saturated carbocycles. The van der Waals surface area contributed by atoms with E-state index in [0.717, 1.165) is 49.4 Å². The zero-order valence-corrected chi connectivity index (χ0v) is 25.2. The lowest BCUT2D eigenvalue weighted by Gasteiger charge is -2.39. The Morgan fingerprint density at radius 2 is 1.98 bits per heavy atom. The number of aromatic nitrogens is 2. The summed E-state index contributed by atoms with van der Waals surface area (Å²) in [6.45, 7) is 7.10. The summed E-state index contributed by atoms with van der Waals surface area (Å²) in [6.07, 6.45) is 3.44. The van der Waals surface area contributed by atoms with Crippen LogP contribution in [0.3, 0.4) is 0 Å². The van der Waals surface area contributed by atoms with Gasteiger partial charge in [0, 0.05) is 53.5 Å². The van der Waals surface area contributed by atoms with Crippen molar-refractivity contribution < 1.29 is 23.7 Å². The van der Waals surface area contributed by atoms with Crippen molar-refractivity contribution in [2.75, 3.05) is 47.0 Å². The molecule has 0 spiro atoms. The van der Waals surface area contributed by atoms with Crippen LogP contribution >= 0.6 is 0 Å². The lowest BCUT2D eigenvalue weighted by atomic mass is 10.0. The largest absolute Gasteiger partial charge is 0.493 e. The van der Waals surface area contributed by atoms with Crippen molar-refractivity contribution in [1.29, 1.82) is 0 Å². The number of hydrogen-bond donors (Lipinski definition) is 1. The minimum absolute atomic E-state index is 0.0105. The van der Waals surface area contributed by atoms with E-state index in [1.54, 1.807) is 14.2 Å². The van der Waals surface area contributed by atoms with Crippen molar-refractivity contribution >= 4 is 5.91 Å². The van der Waals surface area contributed by atoms with Crippen LogP contribution in [-0.4, -0.2) is 84.6 Å². The SMILES string of the molecule is COCCCN1CC(=O)N[C@H]2CN(Cc3c(C)cnn3C)CC[C@H]2OCc2cccc(c2)Oc2cc(ccc2OC)C1. The van der Waals surface area contributed by atoms with Crippen LogP contribution in [0.25, 0.3) is 0 Å². The van der Waals surface area contributed by atoms with Gasteiger partial charge in [0.15, 0.2) is 11.5 Å². The molecule has 1 amide bonds. The van der Waals surface area contributed by atoms with E-state index in [1.807, 2.05) is 60.4 Å². The minimum atomic E-state index is -0.138. The Labute approximate surface area is 248 Å². The van der Waals surface area contributed by atoms with Crippen molar-refractivity contribution in [3.05, 3.63) is 71.0 Å². The van der Waals surface area contributed by atoms with E-state index >= 15 is 0 Å². The topological polar surface area (TPSA) is 90.3 Å². The average molecular weight is 578 g/mol. The molecular weight excluding hydrogens is 534 g/mol. The van der Waals surface area contributed by atoms with Gasteiger partial charge >= 0.3 is 0 Å². The van der Waals surface area contributed by atoms with Gasteiger partial charge in [-0.2, -0.15) is 5.10 Å². The average Bonchev–Trinajstić information content (AvgIpc) is 3.29. The molecule has 1 aromatic heterocycles. The van der Waals surface area contributed by atoms with Gasteiger partial charge in [-0.25, -0.2) is 0 Å². The molecule has 2 aliphatic rings. The number of rotatable bonds is 7. The van der Waals surface area contributed by atoms with Gasteiger partial charge in [-0.1, -0.05) is 18.2 Å². The maximum Gasteiger partial charge on any atom is 0.234 e. The second kappa shape index (κ2) is 14.2. The van der Waals surface area contributed by atoms with Crippen LogP contribution in [0.15, 0.2) is 48.7 Å². The summed E-state index contributed by atoms with van der Waals surface area (Å²) in [5.74, 6) is 2.00. The lowest BCUT2D eigenvalue weighted by Crippen LogP contribution is -2.57. The molecule has 4 bridgehead atoms. The third-order valence-corrected chi connectivity index (χ3v) is 8.04. The molecule has 10 nitrogen and oxygen atoms in total. The van der Waals surface area contributed by atoms with E-state index in [0.29, 0.717) is 37.8 Å². The molecule has 0 aliphatic carbocycles. The second-order valence-corrected chi connectivity index (χ2v) is 11.2. The number of nitrogens with zero attached hydrogens (tertiary/aromatic N) is 4. The molecule has 2 aliphatic heterocycles. The van der Waals surface area contributed by atoms with Crippen LogP contribution in [0.1, 0.15) is 35.2 Å². The summed E-state index contributed by atoms with van der Waals surface area (Å²) in [6, 6.07) is 13.7. The number of amides is 1. The number of piperidine rings is 1. The standard InChI is InChI=1S/C32H43N5O5/c1-23-17-33-35(2)28(23)20-37-13-11-29-27(19-37)34-32(38)21-36(12-6-14-39-3)18-24-9-10-30(40-4)31(16-24)42-26-8-5-7-25(15-26)22-41-29/h5,7-10,15-17,27,29H,6,11-14,18-22H2,1-4H3,(H,34,38)/t27-,29+/m0/s1. The van der Waals surface area contributed by atoms with Gasteiger partial charge in [0.25, 0.3) is 0 Å². The molecule has 2 aromatic carbocycles. The Kier molecular flexibility index (Phi) is 10.1. The molecule has 1 saturated heterocycles. The van der Waals surface area contributed by atoms with Crippen molar-refractivity contribution in [2.24, 2.45) is 7.05 Å². The summed E-state index contributed by atoms with van der Waals surface area (Å²) in [7, 11) is 5.32. The summed E-state index contributed by atoms with van der Waals surface area (Å²) in [5.41, 5.74) is 4.41. The van der Waals surface area contributed by atoms with Crippen molar-refractivity contribution in [2.45, 2.75) is 51.6 Å². The normalized spacial score (nSPS) is 20.4. The van der Waals surface area contributed by atoms with E-state index in [2.05, 4.69) is 27.1 Å². The highest BCUT2D eigenvalue weighted by Crippen LogP contribution is 2.33. The van der Waals surface area contributed by atoms with Gasteiger partial charge in [0.05, 0.1) is 44.3 Å². The van der Waals surface area contributed by atoms with Gasteiger partial charge in [0.2, 0.25) is 5.91 Å². The first-order valence-electron chi connectivity index (χ1n) is 14.7.